The summed E-state index contributed by atoms with van der Waals surface area (Å²) in [5, 5.41) is 16.7. The molecule has 0 saturated carbocycles. The molecule has 0 fully saturated rings. The van der Waals surface area contributed by atoms with Crippen molar-refractivity contribution in [3.8, 4) is 0 Å². The van der Waals surface area contributed by atoms with Crippen molar-refractivity contribution in [3.63, 3.8) is 0 Å². The predicted octanol–water partition coefficient (Wildman–Crippen LogP) is -0.841. The Morgan fingerprint density at radius 2 is 1.92 bits per heavy atom. The molecule has 0 aliphatic heterocycles. The largest absolute Gasteiger partial charge is 0.473 e. The summed E-state index contributed by atoms with van der Waals surface area (Å²) >= 11 is 0. The first-order valence-electron chi connectivity index (χ1n) is 3.62. The van der Waals surface area contributed by atoms with Gasteiger partial charge >= 0.3 is 17.9 Å². The molecule has 0 aromatic rings. The topological polar surface area (TPSA) is 101 Å². The Morgan fingerprint density at radius 1 is 1.38 bits per heavy atom. The van der Waals surface area contributed by atoms with Gasteiger partial charge in [-0.15, -0.1) is 0 Å². The maximum atomic E-state index is 10.9. The zero-order valence-corrected chi connectivity index (χ0v) is 7.02. The summed E-state index contributed by atoms with van der Waals surface area (Å²) < 4.78 is 3.92. The molecule has 0 rings (SSSR count). The van der Waals surface area contributed by atoms with Gasteiger partial charge < -0.3 is 14.9 Å². The Labute approximate surface area is 74.1 Å². The fraction of sp³-hybridized carbons (Fsp3) is 0.571. The molecule has 1 atom stereocenters. The van der Waals surface area contributed by atoms with Gasteiger partial charge in [0.2, 0.25) is 0 Å². The molecule has 1 unspecified atom stereocenters. The van der Waals surface area contributed by atoms with Crippen molar-refractivity contribution in [2.45, 2.75) is 13.3 Å². The standard InChI is InChI=1S/C7H10O6/c1-2-4(3-8)6(11)13-7(12)5(9)10/h4,8H,2-3H2,1H3,(H,9,10). The first kappa shape index (κ1) is 11.6. The van der Waals surface area contributed by atoms with Crippen molar-refractivity contribution in [1.82, 2.24) is 0 Å². The van der Waals surface area contributed by atoms with Gasteiger partial charge in [-0.2, -0.15) is 0 Å². The molecule has 0 bridgehead atoms. The third kappa shape index (κ3) is 3.66. The van der Waals surface area contributed by atoms with Crippen LogP contribution in [0, 0.1) is 5.92 Å². The van der Waals surface area contributed by atoms with Crippen LogP contribution in [0.15, 0.2) is 0 Å². The van der Waals surface area contributed by atoms with Crippen LogP contribution in [0.3, 0.4) is 0 Å². The van der Waals surface area contributed by atoms with E-state index >= 15 is 0 Å². The van der Waals surface area contributed by atoms with Crippen molar-refractivity contribution in [1.29, 1.82) is 0 Å². The van der Waals surface area contributed by atoms with Crippen LogP contribution in [0.1, 0.15) is 13.3 Å². The molecular weight excluding hydrogens is 180 g/mol. The van der Waals surface area contributed by atoms with Gasteiger partial charge in [-0.25, -0.2) is 9.59 Å². The highest BCUT2D eigenvalue weighted by molar-refractivity contribution is 6.30. The molecule has 0 heterocycles. The monoisotopic (exact) mass is 190 g/mol. The molecule has 2 N–H and O–H groups in total. The molecule has 6 heteroatoms. The number of ether oxygens (including phenoxy) is 1. The average molecular weight is 190 g/mol. The lowest BCUT2D eigenvalue weighted by atomic mass is 10.1. The maximum absolute atomic E-state index is 10.9. The number of aliphatic carboxylic acids is 1. The predicted molar refractivity (Wildman–Crippen MR) is 39.6 cm³/mol. The van der Waals surface area contributed by atoms with Gasteiger partial charge in [0.05, 0.1) is 12.5 Å². The lowest BCUT2D eigenvalue weighted by Gasteiger charge is -2.07. The van der Waals surface area contributed by atoms with Gasteiger partial charge in [-0.3, -0.25) is 4.79 Å². The van der Waals surface area contributed by atoms with E-state index in [0.29, 0.717) is 0 Å². The first-order chi connectivity index (χ1) is 6.02. The quantitative estimate of drug-likeness (QED) is 0.342. The third-order valence-corrected chi connectivity index (χ3v) is 1.41. The summed E-state index contributed by atoms with van der Waals surface area (Å²) in [6, 6.07) is 0. The van der Waals surface area contributed by atoms with E-state index < -0.39 is 30.4 Å². The zero-order valence-electron chi connectivity index (χ0n) is 7.02. The third-order valence-electron chi connectivity index (χ3n) is 1.41. The van der Waals surface area contributed by atoms with Gasteiger partial charge in [0.15, 0.2) is 0 Å². The SMILES string of the molecule is CCC(CO)C(=O)OC(=O)C(=O)O. The van der Waals surface area contributed by atoms with Crippen LogP contribution >= 0.6 is 0 Å². The van der Waals surface area contributed by atoms with Crippen LogP contribution in [0.4, 0.5) is 0 Å². The van der Waals surface area contributed by atoms with E-state index in [2.05, 4.69) is 4.74 Å². The van der Waals surface area contributed by atoms with E-state index in [-0.39, 0.29) is 6.42 Å². The number of aliphatic hydroxyl groups is 1. The van der Waals surface area contributed by atoms with Crippen LogP contribution < -0.4 is 0 Å². The molecule has 0 saturated heterocycles. The van der Waals surface area contributed by atoms with Crippen LogP contribution in [0.5, 0.6) is 0 Å². The molecule has 0 radical (unpaired) electrons. The maximum Gasteiger partial charge on any atom is 0.424 e. The molecule has 0 aliphatic carbocycles. The Bertz CT molecular complexity index is 217. The number of hydrogen-bond donors (Lipinski definition) is 2. The summed E-state index contributed by atoms with van der Waals surface area (Å²) in [6.07, 6.45) is 0.280. The zero-order chi connectivity index (χ0) is 10.4. The Kier molecular flexibility index (Phi) is 4.68. The fourth-order valence-corrected chi connectivity index (χ4v) is 0.589. The van der Waals surface area contributed by atoms with Crippen molar-refractivity contribution in [3.05, 3.63) is 0 Å². The van der Waals surface area contributed by atoms with E-state index in [0.717, 1.165) is 0 Å². The second kappa shape index (κ2) is 5.26. The minimum absolute atomic E-state index is 0.280. The van der Waals surface area contributed by atoms with E-state index in [1.54, 1.807) is 6.92 Å². The molecular formula is C7H10O6. The van der Waals surface area contributed by atoms with Gasteiger partial charge in [0, 0.05) is 0 Å². The number of carboxylic acid groups (broad SMARTS) is 1. The molecule has 74 valence electrons. The molecule has 0 aromatic heterocycles. The number of hydrogen-bond acceptors (Lipinski definition) is 5. The summed E-state index contributed by atoms with van der Waals surface area (Å²) in [7, 11) is 0. The molecule has 0 amide bonds. The van der Waals surface area contributed by atoms with Gasteiger partial charge in [0.1, 0.15) is 0 Å². The number of carbonyl (C=O) groups is 3. The molecule has 0 spiro atoms. The number of aliphatic hydroxyl groups excluding tert-OH is 1. The second-order valence-corrected chi connectivity index (χ2v) is 2.30. The van der Waals surface area contributed by atoms with E-state index in [9.17, 15) is 14.4 Å². The van der Waals surface area contributed by atoms with Crippen molar-refractivity contribution in [2.24, 2.45) is 5.92 Å². The lowest BCUT2D eigenvalue weighted by molar-refractivity contribution is -0.173. The number of rotatable bonds is 3. The highest BCUT2D eigenvalue weighted by atomic mass is 16.6. The molecule has 0 aliphatic rings. The van der Waals surface area contributed by atoms with Crippen LogP contribution in [0.25, 0.3) is 0 Å². The number of carboxylic acids is 1. The first-order valence-corrected chi connectivity index (χ1v) is 3.62. The Balaban J connectivity index is 4.13. The molecule has 13 heavy (non-hydrogen) atoms. The summed E-state index contributed by atoms with van der Waals surface area (Å²) in [6.45, 7) is 1.13. The van der Waals surface area contributed by atoms with Crippen molar-refractivity contribution in [2.75, 3.05) is 6.61 Å². The van der Waals surface area contributed by atoms with Gasteiger partial charge in [-0.1, -0.05) is 6.92 Å². The summed E-state index contributed by atoms with van der Waals surface area (Å²) in [4.78, 5) is 31.2. The summed E-state index contributed by atoms with van der Waals surface area (Å²) in [5.41, 5.74) is 0. The molecule has 0 aromatic carbocycles. The molecule has 6 nitrogen and oxygen atoms in total. The van der Waals surface area contributed by atoms with E-state index in [1.807, 2.05) is 0 Å². The Hall–Kier alpha value is -1.43. The van der Waals surface area contributed by atoms with Gasteiger partial charge in [-0.05, 0) is 6.42 Å². The van der Waals surface area contributed by atoms with Crippen LogP contribution in [-0.2, 0) is 19.1 Å². The second-order valence-electron chi connectivity index (χ2n) is 2.30. The van der Waals surface area contributed by atoms with Crippen molar-refractivity contribution >= 4 is 17.9 Å². The number of carbonyl (C=O) groups excluding carboxylic acids is 2. The fourth-order valence-electron chi connectivity index (χ4n) is 0.589. The summed E-state index contributed by atoms with van der Waals surface area (Å²) in [5.74, 6) is -5.32. The van der Waals surface area contributed by atoms with E-state index in [4.69, 9.17) is 10.2 Å². The average Bonchev–Trinajstić information content (AvgIpc) is 2.06. The Morgan fingerprint density at radius 3 is 2.23 bits per heavy atom. The number of esters is 2. The van der Waals surface area contributed by atoms with Crippen molar-refractivity contribution < 1.29 is 29.3 Å². The lowest BCUT2D eigenvalue weighted by Crippen LogP contribution is -2.27. The minimum Gasteiger partial charge on any atom is -0.473 e. The highest BCUT2D eigenvalue weighted by Crippen LogP contribution is 2.03. The van der Waals surface area contributed by atoms with E-state index in [1.165, 1.54) is 0 Å². The minimum atomic E-state index is -1.83. The smallest absolute Gasteiger partial charge is 0.424 e. The highest BCUT2D eigenvalue weighted by Gasteiger charge is 2.23. The normalized spacial score (nSPS) is 11.8. The van der Waals surface area contributed by atoms with Gasteiger partial charge in [0.25, 0.3) is 0 Å². The van der Waals surface area contributed by atoms with Crippen LogP contribution in [-0.4, -0.2) is 34.7 Å². The van der Waals surface area contributed by atoms with Crippen LogP contribution in [0.2, 0.25) is 0 Å².